The molecule has 2 rings (SSSR count). The molecule has 1 aliphatic heterocycles. The van der Waals surface area contributed by atoms with E-state index in [2.05, 4.69) is 4.90 Å². The first kappa shape index (κ1) is 12.7. The molecule has 1 saturated carbocycles. The van der Waals surface area contributed by atoms with Gasteiger partial charge in [-0.25, -0.2) is 4.79 Å². The van der Waals surface area contributed by atoms with Crippen LogP contribution >= 0.6 is 0 Å². The van der Waals surface area contributed by atoms with Gasteiger partial charge in [-0.2, -0.15) is 0 Å². The van der Waals surface area contributed by atoms with E-state index in [9.17, 15) is 4.79 Å². The maximum atomic E-state index is 11.0. The molecule has 2 fully saturated rings. The molecule has 1 aliphatic carbocycles. The summed E-state index contributed by atoms with van der Waals surface area (Å²) in [5.74, 6) is 0.956. The number of carbonyl (C=O) groups is 1. The third kappa shape index (κ3) is 3.87. The van der Waals surface area contributed by atoms with Crippen molar-refractivity contribution in [3.63, 3.8) is 0 Å². The number of hydrogen-bond donors (Lipinski definition) is 1. The topological polar surface area (TPSA) is 49.6 Å². The van der Waals surface area contributed by atoms with Crippen LogP contribution in [0.5, 0.6) is 0 Å². The molecule has 17 heavy (non-hydrogen) atoms. The second-order valence-corrected chi connectivity index (χ2v) is 5.46. The summed E-state index contributed by atoms with van der Waals surface area (Å²) in [7, 11) is 0. The van der Waals surface area contributed by atoms with Crippen LogP contribution in [0.1, 0.15) is 38.5 Å². The van der Waals surface area contributed by atoms with Gasteiger partial charge in [0.15, 0.2) is 0 Å². The van der Waals surface area contributed by atoms with E-state index in [0.717, 1.165) is 32.1 Å². The Bertz CT molecular complexity index is 243. The minimum Gasteiger partial charge on any atom is -0.351 e. The molecule has 4 nitrogen and oxygen atoms in total. The molecule has 0 spiro atoms. The van der Waals surface area contributed by atoms with Crippen molar-refractivity contribution in [1.82, 2.24) is 9.80 Å². The number of urea groups is 1. The second-order valence-electron chi connectivity index (χ2n) is 5.46. The van der Waals surface area contributed by atoms with Crippen molar-refractivity contribution in [3.8, 4) is 0 Å². The number of nitrogens with zero attached hydrogens (tertiary/aromatic N) is 2. The Morgan fingerprint density at radius 1 is 1.06 bits per heavy atom. The van der Waals surface area contributed by atoms with Gasteiger partial charge in [0, 0.05) is 26.2 Å². The fraction of sp³-hybridized carbons (Fsp3) is 0.923. The molecule has 0 aromatic rings. The van der Waals surface area contributed by atoms with Gasteiger partial charge >= 0.3 is 6.03 Å². The lowest BCUT2D eigenvalue weighted by Crippen LogP contribution is -2.50. The summed E-state index contributed by atoms with van der Waals surface area (Å²) < 4.78 is 0. The number of piperazine rings is 1. The third-order valence-electron chi connectivity index (χ3n) is 4.26. The van der Waals surface area contributed by atoms with Crippen LogP contribution in [0, 0.1) is 5.92 Å². The Balaban J connectivity index is 1.62. The van der Waals surface area contributed by atoms with Crippen molar-refractivity contribution in [1.29, 1.82) is 0 Å². The van der Waals surface area contributed by atoms with Crippen molar-refractivity contribution >= 4 is 6.03 Å². The van der Waals surface area contributed by atoms with Gasteiger partial charge in [0.25, 0.3) is 0 Å². The van der Waals surface area contributed by atoms with Crippen LogP contribution < -0.4 is 5.73 Å². The fourth-order valence-corrected chi connectivity index (χ4v) is 3.03. The molecule has 0 atom stereocenters. The van der Waals surface area contributed by atoms with Crippen LogP contribution in [0.2, 0.25) is 0 Å². The summed E-state index contributed by atoms with van der Waals surface area (Å²) in [5, 5.41) is 0. The molecule has 0 unspecified atom stereocenters. The maximum absolute atomic E-state index is 11.0. The van der Waals surface area contributed by atoms with Crippen molar-refractivity contribution in [2.45, 2.75) is 38.5 Å². The molecular formula is C13H25N3O. The zero-order valence-corrected chi connectivity index (χ0v) is 10.7. The average molecular weight is 239 g/mol. The Kier molecular flexibility index (Phi) is 4.66. The highest BCUT2D eigenvalue weighted by atomic mass is 16.2. The summed E-state index contributed by atoms with van der Waals surface area (Å²) >= 11 is 0. The number of hydrogen-bond acceptors (Lipinski definition) is 2. The summed E-state index contributed by atoms with van der Waals surface area (Å²) in [6.07, 6.45) is 8.51. The molecule has 1 heterocycles. The molecular weight excluding hydrogens is 214 g/mol. The molecule has 98 valence electrons. The summed E-state index contributed by atoms with van der Waals surface area (Å²) in [4.78, 5) is 15.2. The number of rotatable bonds is 3. The Hall–Kier alpha value is -0.770. The minimum atomic E-state index is -0.267. The van der Waals surface area contributed by atoms with E-state index in [1.165, 1.54) is 45.1 Å². The largest absolute Gasteiger partial charge is 0.351 e. The van der Waals surface area contributed by atoms with E-state index in [4.69, 9.17) is 5.73 Å². The molecule has 0 aromatic carbocycles. The van der Waals surface area contributed by atoms with Crippen LogP contribution in [-0.2, 0) is 0 Å². The average Bonchev–Trinajstić information content (AvgIpc) is 2.38. The third-order valence-corrected chi connectivity index (χ3v) is 4.26. The lowest BCUT2D eigenvalue weighted by Gasteiger charge is -2.34. The first-order valence-electron chi connectivity index (χ1n) is 7.02. The van der Waals surface area contributed by atoms with Crippen molar-refractivity contribution in [3.05, 3.63) is 0 Å². The second kappa shape index (κ2) is 6.24. The molecule has 0 aromatic heterocycles. The van der Waals surface area contributed by atoms with E-state index >= 15 is 0 Å². The van der Waals surface area contributed by atoms with Gasteiger partial charge < -0.3 is 10.6 Å². The smallest absolute Gasteiger partial charge is 0.314 e. The standard InChI is InChI=1S/C13H25N3O/c14-13(17)16-10-8-15(9-11-16)7-6-12-4-2-1-3-5-12/h12H,1-11H2,(H2,14,17). The number of nitrogens with two attached hydrogens (primary N) is 1. The highest BCUT2D eigenvalue weighted by Gasteiger charge is 2.20. The van der Waals surface area contributed by atoms with Gasteiger partial charge in [0.1, 0.15) is 0 Å². The molecule has 2 aliphatic rings. The zero-order valence-electron chi connectivity index (χ0n) is 10.7. The first-order valence-corrected chi connectivity index (χ1v) is 7.02. The number of carbonyl (C=O) groups excluding carboxylic acids is 1. The SMILES string of the molecule is NC(=O)N1CCN(CCC2CCCCC2)CC1. The van der Waals surface area contributed by atoms with Crippen LogP contribution in [0.4, 0.5) is 4.79 Å². The quantitative estimate of drug-likeness (QED) is 0.814. The van der Waals surface area contributed by atoms with Crippen molar-refractivity contribution in [2.24, 2.45) is 11.7 Å². The van der Waals surface area contributed by atoms with Crippen molar-refractivity contribution in [2.75, 3.05) is 32.7 Å². The normalized spacial score (nSPS) is 23.9. The summed E-state index contributed by atoms with van der Waals surface area (Å²) in [5.41, 5.74) is 5.27. The molecule has 2 N–H and O–H groups in total. The van der Waals surface area contributed by atoms with Gasteiger partial charge in [0.2, 0.25) is 0 Å². The first-order chi connectivity index (χ1) is 8.25. The Labute approximate surface area is 104 Å². The molecule has 0 radical (unpaired) electrons. The molecule has 1 saturated heterocycles. The van der Waals surface area contributed by atoms with Gasteiger partial charge in [0.05, 0.1) is 0 Å². The molecule has 4 heteroatoms. The van der Waals surface area contributed by atoms with Gasteiger partial charge in [-0.3, -0.25) is 4.90 Å². The predicted molar refractivity (Wildman–Crippen MR) is 68.8 cm³/mol. The zero-order chi connectivity index (χ0) is 12.1. The maximum Gasteiger partial charge on any atom is 0.314 e. The van der Waals surface area contributed by atoms with Crippen molar-refractivity contribution < 1.29 is 4.79 Å². The molecule has 2 amide bonds. The summed E-state index contributed by atoms with van der Waals surface area (Å²) in [6.45, 7) is 4.81. The number of amides is 2. The lowest BCUT2D eigenvalue weighted by molar-refractivity contribution is 0.137. The Morgan fingerprint density at radius 3 is 2.29 bits per heavy atom. The van der Waals surface area contributed by atoms with Crippen LogP contribution in [-0.4, -0.2) is 48.6 Å². The van der Waals surface area contributed by atoms with E-state index in [0.29, 0.717) is 0 Å². The van der Waals surface area contributed by atoms with E-state index < -0.39 is 0 Å². The monoisotopic (exact) mass is 239 g/mol. The number of primary amides is 1. The van der Waals surface area contributed by atoms with Crippen LogP contribution in [0.3, 0.4) is 0 Å². The van der Waals surface area contributed by atoms with Crippen LogP contribution in [0.15, 0.2) is 0 Å². The Morgan fingerprint density at radius 2 is 1.71 bits per heavy atom. The van der Waals surface area contributed by atoms with Crippen LogP contribution in [0.25, 0.3) is 0 Å². The predicted octanol–water partition coefficient (Wildman–Crippen LogP) is 1.65. The lowest BCUT2D eigenvalue weighted by atomic mass is 9.87. The fourth-order valence-electron chi connectivity index (χ4n) is 3.03. The highest BCUT2D eigenvalue weighted by Crippen LogP contribution is 2.26. The van der Waals surface area contributed by atoms with E-state index in [1.54, 1.807) is 4.90 Å². The van der Waals surface area contributed by atoms with E-state index in [-0.39, 0.29) is 6.03 Å². The highest BCUT2D eigenvalue weighted by molar-refractivity contribution is 5.72. The van der Waals surface area contributed by atoms with Gasteiger partial charge in [-0.1, -0.05) is 32.1 Å². The molecule has 0 bridgehead atoms. The summed E-state index contributed by atoms with van der Waals surface area (Å²) in [6, 6.07) is -0.267. The van der Waals surface area contributed by atoms with Gasteiger partial charge in [-0.05, 0) is 18.9 Å². The van der Waals surface area contributed by atoms with Gasteiger partial charge in [-0.15, -0.1) is 0 Å². The minimum absolute atomic E-state index is 0.267. The van der Waals surface area contributed by atoms with E-state index in [1.807, 2.05) is 0 Å².